The topological polar surface area (TPSA) is 80.0 Å². The Morgan fingerprint density at radius 3 is 2.59 bits per heavy atom. The van der Waals surface area contributed by atoms with Gasteiger partial charge >= 0.3 is 0 Å². The van der Waals surface area contributed by atoms with Crippen LogP contribution in [0.15, 0.2) is 34.4 Å². The van der Waals surface area contributed by atoms with Gasteiger partial charge in [-0.1, -0.05) is 12.8 Å². The molecule has 7 nitrogen and oxygen atoms in total. The van der Waals surface area contributed by atoms with E-state index < -0.39 is 0 Å². The van der Waals surface area contributed by atoms with Gasteiger partial charge in [-0.25, -0.2) is 4.98 Å². The Kier molecular flexibility index (Phi) is 5.37. The van der Waals surface area contributed by atoms with Crippen LogP contribution in [0.2, 0.25) is 0 Å². The summed E-state index contributed by atoms with van der Waals surface area (Å²) in [5, 5.41) is 5.75. The molecule has 1 aromatic carbocycles. The second kappa shape index (κ2) is 8.43. The molecule has 2 fully saturated rings. The first-order valence-corrected chi connectivity index (χ1v) is 13.2. The van der Waals surface area contributed by atoms with Gasteiger partial charge in [-0.2, -0.15) is 0 Å². The highest BCUT2D eigenvalue weighted by atomic mass is 32.1. The fraction of sp³-hybridized carbons (Fsp3) is 0.462. The Morgan fingerprint density at radius 1 is 1.06 bits per heavy atom. The van der Waals surface area contributed by atoms with E-state index in [2.05, 4.69) is 64.2 Å². The number of fused-ring (bicyclic) bond motifs is 2. The first kappa shape index (κ1) is 21.7. The molecule has 178 valence electrons. The van der Waals surface area contributed by atoms with Crippen LogP contribution < -0.4 is 15.8 Å². The average molecular weight is 477 g/mol. The molecule has 0 bridgehead atoms. The number of H-pyrrole nitrogens is 2. The second-order valence-electron chi connectivity index (χ2n) is 10.0. The summed E-state index contributed by atoms with van der Waals surface area (Å²) in [6.45, 7) is 6.55. The molecule has 1 aliphatic carbocycles. The molecule has 3 N–H and O–H groups in total. The zero-order valence-electron chi connectivity index (χ0n) is 20.0. The van der Waals surface area contributed by atoms with Crippen LogP contribution in [0.25, 0.3) is 32.6 Å². The Balaban J connectivity index is 1.41. The minimum atomic E-state index is -0.104. The van der Waals surface area contributed by atoms with Crippen LogP contribution in [-0.2, 0) is 0 Å². The Bertz CT molecular complexity index is 1390. The van der Waals surface area contributed by atoms with E-state index in [1.165, 1.54) is 18.5 Å². The molecular weight excluding hydrogens is 444 g/mol. The fourth-order valence-electron chi connectivity index (χ4n) is 5.58. The lowest BCUT2D eigenvalue weighted by molar-refractivity contribution is 0.170. The molecule has 4 aromatic rings. The number of likely N-dealkylation sites (N-methyl/N-ethyl adjacent to an activating group) is 1. The van der Waals surface area contributed by atoms with Gasteiger partial charge in [0.05, 0.1) is 26.9 Å². The van der Waals surface area contributed by atoms with E-state index in [0.29, 0.717) is 29.5 Å². The van der Waals surface area contributed by atoms with Crippen LogP contribution >= 0.6 is 11.3 Å². The molecule has 2 aliphatic rings. The first-order valence-electron chi connectivity index (χ1n) is 12.3. The highest BCUT2D eigenvalue weighted by molar-refractivity contribution is 7.17. The zero-order chi connectivity index (χ0) is 23.4. The number of aromatic nitrogens is 3. The SMILES string of the molecule is CC1CN(c2ccc3nc(-c4c(NC5CCCC5)c5sccc5[nH]c4=O)[nH]c3c2)CC(C)N1C. The third-order valence-corrected chi connectivity index (χ3v) is 8.68. The van der Waals surface area contributed by atoms with E-state index in [-0.39, 0.29) is 5.56 Å². The minimum absolute atomic E-state index is 0.104. The Hall–Kier alpha value is -2.84. The number of thiophene rings is 1. The van der Waals surface area contributed by atoms with Gasteiger partial charge < -0.3 is 20.2 Å². The van der Waals surface area contributed by atoms with Crippen LogP contribution in [0.3, 0.4) is 0 Å². The predicted molar refractivity (Wildman–Crippen MR) is 142 cm³/mol. The Morgan fingerprint density at radius 2 is 1.82 bits per heavy atom. The standard InChI is InChI=1S/C26H32N6OS/c1-15-13-32(14-16(2)31(15)3)18-8-9-19-21(12-18)29-25(28-19)22-23(27-17-6-4-5-7-17)24-20(10-11-34-24)30-26(22)33/h8-12,15-17H,4-7,13-14H2,1-3H3,(H,28,29)(H2,27,30,33). The maximum Gasteiger partial charge on any atom is 0.261 e. The van der Waals surface area contributed by atoms with E-state index in [0.717, 1.165) is 52.9 Å². The number of benzene rings is 1. The summed E-state index contributed by atoms with van der Waals surface area (Å²) in [4.78, 5) is 29.6. The summed E-state index contributed by atoms with van der Waals surface area (Å²) in [7, 11) is 2.20. The molecule has 2 unspecified atom stereocenters. The third-order valence-electron chi connectivity index (χ3n) is 7.75. The van der Waals surface area contributed by atoms with E-state index in [4.69, 9.17) is 4.98 Å². The molecule has 1 aliphatic heterocycles. The van der Waals surface area contributed by atoms with Gasteiger partial charge in [0.15, 0.2) is 0 Å². The molecule has 1 saturated heterocycles. The lowest BCUT2D eigenvalue weighted by Gasteiger charge is -2.43. The zero-order valence-corrected chi connectivity index (χ0v) is 20.8. The molecule has 0 amide bonds. The number of hydrogen-bond donors (Lipinski definition) is 3. The molecule has 0 spiro atoms. The third kappa shape index (κ3) is 3.69. The quantitative estimate of drug-likeness (QED) is 0.386. The van der Waals surface area contributed by atoms with Gasteiger partial charge in [0.25, 0.3) is 5.56 Å². The highest BCUT2D eigenvalue weighted by Gasteiger charge is 2.27. The number of imidazole rings is 1. The lowest BCUT2D eigenvalue weighted by atomic mass is 10.1. The Labute approximate surface area is 203 Å². The smallest absolute Gasteiger partial charge is 0.261 e. The number of piperazine rings is 1. The largest absolute Gasteiger partial charge is 0.380 e. The summed E-state index contributed by atoms with van der Waals surface area (Å²) in [5.74, 6) is 0.629. The van der Waals surface area contributed by atoms with E-state index in [1.54, 1.807) is 11.3 Å². The van der Waals surface area contributed by atoms with Crippen LogP contribution in [0.4, 0.5) is 11.4 Å². The molecule has 4 heterocycles. The maximum absolute atomic E-state index is 13.3. The lowest BCUT2D eigenvalue weighted by Crippen LogP contribution is -2.55. The molecule has 34 heavy (non-hydrogen) atoms. The molecule has 0 radical (unpaired) electrons. The molecule has 2 atom stereocenters. The fourth-order valence-corrected chi connectivity index (χ4v) is 6.44. The molecule has 3 aromatic heterocycles. The molecular formula is C26H32N6OS. The number of aromatic amines is 2. The van der Waals surface area contributed by atoms with Crippen molar-refractivity contribution >= 4 is 44.0 Å². The minimum Gasteiger partial charge on any atom is -0.380 e. The van der Waals surface area contributed by atoms with Crippen LogP contribution in [0, 0.1) is 0 Å². The maximum atomic E-state index is 13.3. The highest BCUT2D eigenvalue weighted by Crippen LogP contribution is 2.36. The summed E-state index contributed by atoms with van der Waals surface area (Å²) >= 11 is 1.66. The second-order valence-corrected chi connectivity index (χ2v) is 11.0. The van der Waals surface area contributed by atoms with E-state index >= 15 is 0 Å². The number of nitrogens with one attached hydrogen (secondary N) is 3. The molecule has 1 saturated carbocycles. The van der Waals surface area contributed by atoms with Gasteiger partial charge in [-0.15, -0.1) is 11.3 Å². The average Bonchev–Trinajstić information content (AvgIpc) is 3.57. The first-order chi connectivity index (χ1) is 16.5. The summed E-state index contributed by atoms with van der Waals surface area (Å²) in [6, 6.07) is 9.78. The molecule has 8 heteroatoms. The van der Waals surface area contributed by atoms with Gasteiger partial charge in [0.2, 0.25) is 0 Å². The number of anilines is 2. The normalized spacial score (nSPS) is 22.3. The van der Waals surface area contributed by atoms with E-state index in [9.17, 15) is 4.79 Å². The van der Waals surface area contributed by atoms with Crippen molar-refractivity contribution in [2.75, 3.05) is 30.4 Å². The van der Waals surface area contributed by atoms with Crippen molar-refractivity contribution in [2.45, 2.75) is 57.7 Å². The van der Waals surface area contributed by atoms with Crippen LogP contribution in [0.5, 0.6) is 0 Å². The summed E-state index contributed by atoms with van der Waals surface area (Å²) in [5.41, 5.74) is 5.35. The van der Waals surface area contributed by atoms with Gasteiger partial charge in [0, 0.05) is 36.9 Å². The summed E-state index contributed by atoms with van der Waals surface area (Å²) < 4.78 is 1.09. The van der Waals surface area contributed by atoms with Crippen LogP contribution in [0.1, 0.15) is 39.5 Å². The monoisotopic (exact) mass is 476 g/mol. The van der Waals surface area contributed by atoms with E-state index in [1.807, 2.05) is 11.4 Å². The van der Waals surface area contributed by atoms with Crippen molar-refractivity contribution in [3.8, 4) is 11.4 Å². The van der Waals surface area contributed by atoms with Crippen molar-refractivity contribution < 1.29 is 0 Å². The van der Waals surface area contributed by atoms with Crippen LogP contribution in [-0.4, -0.2) is 58.1 Å². The van der Waals surface area contributed by atoms with Gasteiger partial charge in [0.1, 0.15) is 11.4 Å². The molecule has 6 rings (SSSR count). The number of rotatable bonds is 4. The van der Waals surface area contributed by atoms with Crippen molar-refractivity contribution in [3.63, 3.8) is 0 Å². The van der Waals surface area contributed by atoms with Crippen molar-refractivity contribution in [2.24, 2.45) is 0 Å². The van der Waals surface area contributed by atoms with Crippen molar-refractivity contribution in [1.82, 2.24) is 19.9 Å². The summed E-state index contributed by atoms with van der Waals surface area (Å²) in [6.07, 6.45) is 4.76. The van der Waals surface area contributed by atoms with Gasteiger partial charge in [-0.3, -0.25) is 9.69 Å². The van der Waals surface area contributed by atoms with Crippen molar-refractivity contribution in [3.05, 3.63) is 40.0 Å². The number of pyridine rings is 1. The number of nitrogens with zero attached hydrogens (tertiary/aromatic N) is 3. The predicted octanol–water partition coefficient (Wildman–Crippen LogP) is 5.02. The number of hydrogen-bond acceptors (Lipinski definition) is 6. The van der Waals surface area contributed by atoms with Gasteiger partial charge in [-0.05, 0) is 63.4 Å². The van der Waals surface area contributed by atoms with Crippen molar-refractivity contribution in [1.29, 1.82) is 0 Å².